The molecule has 0 bridgehead atoms. The van der Waals surface area contributed by atoms with Crippen LogP contribution >= 0.6 is 0 Å². The minimum absolute atomic E-state index is 0.0640. The molecule has 1 aliphatic rings. The van der Waals surface area contributed by atoms with Crippen molar-refractivity contribution in [3.05, 3.63) is 101 Å². The first kappa shape index (κ1) is 27.3. The van der Waals surface area contributed by atoms with E-state index in [4.69, 9.17) is 4.74 Å². The average molecular weight is 552 g/mol. The Morgan fingerprint density at radius 2 is 1.78 bits per heavy atom. The summed E-state index contributed by atoms with van der Waals surface area (Å²) in [6.45, 7) is 4.81. The van der Waals surface area contributed by atoms with Crippen LogP contribution in [-0.2, 0) is 6.42 Å². The fourth-order valence-electron chi connectivity index (χ4n) is 4.79. The average Bonchev–Trinajstić information content (AvgIpc) is 3.06. The molecule has 3 heterocycles. The van der Waals surface area contributed by atoms with Crippen LogP contribution in [0.15, 0.2) is 73.1 Å². The normalized spacial score (nSPS) is 12.3. The van der Waals surface area contributed by atoms with Gasteiger partial charge in [0.2, 0.25) is 0 Å². The first-order chi connectivity index (χ1) is 19.8. The molecule has 0 fully saturated rings. The third-order valence-electron chi connectivity index (χ3n) is 6.90. The first-order valence-corrected chi connectivity index (χ1v) is 13.1. The van der Waals surface area contributed by atoms with Crippen molar-refractivity contribution in [1.29, 1.82) is 0 Å². The number of aromatic carboxylic acids is 1. The predicted octanol–water partition coefficient (Wildman–Crippen LogP) is 5.11. The summed E-state index contributed by atoms with van der Waals surface area (Å²) in [5.41, 5.74) is 3.43. The van der Waals surface area contributed by atoms with Gasteiger partial charge in [-0.1, -0.05) is 12.1 Å². The van der Waals surface area contributed by atoms with Crippen molar-refractivity contribution in [2.45, 2.75) is 20.3 Å². The lowest BCUT2D eigenvalue weighted by Gasteiger charge is -2.22. The quantitative estimate of drug-likeness (QED) is 0.310. The predicted molar refractivity (Wildman–Crippen MR) is 156 cm³/mol. The summed E-state index contributed by atoms with van der Waals surface area (Å²) in [5, 5.41) is 12.1. The van der Waals surface area contributed by atoms with E-state index < -0.39 is 11.9 Å². The van der Waals surface area contributed by atoms with Gasteiger partial charge in [0.05, 0.1) is 29.0 Å². The molecule has 0 aliphatic carbocycles. The number of ether oxygens (including phenoxy) is 1. The van der Waals surface area contributed by atoms with Crippen LogP contribution in [0.4, 0.5) is 23.0 Å². The molecule has 10 heteroatoms. The second-order valence-electron chi connectivity index (χ2n) is 9.55. The van der Waals surface area contributed by atoms with Crippen molar-refractivity contribution in [3.63, 3.8) is 0 Å². The van der Waals surface area contributed by atoms with E-state index >= 15 is 0 Å². The van der Waals surface area contributed by atoms with Crippen LogP contribution in [-0.4, -0.2) is 53.1 Å². The van der Waals surface area contributed by atoms with Gasteiger partial charge in [-0.2, -0.15) is 0 Å². The lowest BCUT2D eigenvalue weighted by molar-refractivity contribution is 0.0692. The van der Waals surface area contributed by atoms with E-state index in [-0.39, 0.29) is 17.0 Å². The van der Waals surface area contributed by atoms with Crippen molar-refractivity contribution in [1.82, 2.24) is 9.97 Å². The van der Waals surface area contributed by atoms with Crippen molar-refractivity contribution in [2.24, 2.45) is 0 Å². The number of amides is 2. The summed E-state index contributed by atoms with van der Waals surface area (Å²) in [4.78, 5) is 50.2. The van der Waals surface area contributed by atoms with Crippen LogP contribution in [0.5, 0.6) is 5.75 Å². The highest BCUT2D eigenvalue weighted by atomic mass is 16.5. The summed E-state index contributed by atoms with van der Waals surface area (Å²) in [6.07, 6.45) is 3.99. The Morgan fingerprint density at radius 3 is 2.51 bits per heavy atom. The molecule has 10 nitrogen and oxygen atoms in total. The van der Waals surface area contributed by atoms with Gasteiger partial charge >= 0.3 is 5.97 Å². The van der Waals surface area contributed by atoms with Gasteiger partial charge in [0.1, 0.15) is 11.6 Å². The topological polar surface area (TPSA) is 125 Å². The zero-order chi connectivity index (χ0) is 29.1. The van der Waals surface area contributed by atoms with Crippen molar-refractivity contribution in [2.75, 3.05) is 35.3 Å². The summed E-state index contributed by atoms with van der Waals surface area (Å²) in [5.74, 6) is 0.0837. The molecule has 1 aliphatic heterocycles. The van der Waals surface area contributed by atoms with E-state index in [2.05, 4.69) is 15.3 Å². The maximum atomic E-state index is 13.3. The van der Waals surface area contributed by atoms with Crippen molar-refractivity contribution < 1.29 is 24.2 Å². The molecule has 5 rings (SSSR count). The zero-order valence-electron chi connectivity index (χ0n) is 22.9. The minimum atomic E-state index is -1.17. The van der Waals surface area contributed by atoms with Gasteiger partial charge in [0, 0.05) is 38.1 Å². The lowest BCUT2D eigenvalue weighted by atomic mass is 10.1. The Bertz CT molecular complexity index is 1650. The first-order valence-electron chi connectivity index (χ1n) is 13.1. The number of carbonyl (C=O) groups excluding carboxylic acids is 2. The summed E-state index contributed by atoms with van der Waals surface area (Å²) < 4.78 is 6.01. The van der Waals surface area contributed by atoms with Gasteiger partial charge in [-0.15, -0.1) is 0 Å². The molecule has 0 saturated carbocycles. The molecule has 4 aromatic rings. The highest BCUT2D eigenvalue weighted by Gasteiger charge is 2.30. The minimum Gasteiger partial charge on any atom is -0.493 e. The highest BCUT2D eigenvalue weighted by molar-refractivity contribution is 6.13. The molecule has 0 saturated heterocycles. The van der Waals surface area contributed by atoms with Crippen LogP contribution in [0.2, 0.25) is 0 Å². The SMILES string of the molecule is CCN1c2ncc(CCOc3ccc(NC(=O)c4ccccc4C(=O)O)cc3C)cc2C(=O)N(C)c2cccnc21. The van der Waals surface area contributed by atoms with Gasteiger partial charge in [0.25, 0.3) is 11.8 Å². The van der Waals surface area contributed by atoms with Crippen LogP contribution < -0.4 is 19.9 Å². The highest BCUT2D eigenvalue weighted by Crippen LogP contribution is 2.37. The number of anilines is 4. The standard InChI is InChI=1S/C31H29N5O5/c1-4-36-27-24(30(38)35(3)25-10-7-14-32-28(25)36)17-20(18-33-27)13-15-41-26-12-11-21(16-19(26)2)34-29(37)22-8-5-6-9-23(22)31(39)40/h5-12,14,16-18H,4,13,15H2,1-3H3,(H,34,37)(H,39,40). The molecular formula is C31H29N5O5. The molecule has 0 atom stereocenters. The molecule has 2 amide bonds. The van der Waals surface area contributed by atoms with E-state index in [1.807, 2.05) is 36.9 Å². The monoisotopic (exact) mass is 551 g/mol. The number of aromatic nitrogens is 2. The fourth-order valence-corrected chi connectivity index (χ4v) is 4.79. The van der Waals surface area contributed by atoms with Crippen LogP contribution in [0.1, 0.15) is 49.1 Å². The number of hydrogen-bond donors (Lipinski definition) is 2. The van der Waals surface area contributed by atoms with E-state index in [9.17, 15) is 19.5 Å². The third-order valence-corrected chi connectivity index (χ3v) is 6.90. The summed E-state index contributed by atoms with van der Waals surface area (Å²) >= 11 is 0. The number of fused-ring (bicyclic) bond motifs is 2. The molecule has 0 radical (unpaired) electrons. The van der Waals surface area contributed by atoms with Gasteiger partial charge in [-0.05, 0) is 73.5 Å². The Hall–Kier alpha value is -5.25. The van der Waals surface area contributed by atoms with Crippen LogP contribution in [0, 0.1) is 6.92 Å². The number of carbonyl (C=O) groups is 3. The summed E-state index contributed by atoms with van der Waals surface area (Å²) in [6, 6.07) is 16.8. The number of nitrogens with zero attached hydrogens (tertiary/aromatic N) is 4. The molecular weight excluding hydrogens is 522 g/mol. The Labute approximate surface area is 237 Å². The van der Waals surface area contributed by atoms with Crippen LogP contribution in [0.25, 0.3) is 0 Å². The third kappa shape index (κ3) is 5.44. The van der Waals surface area contributed by atoms with E-state index in [0.29, 0.717) is 48.2 Å². The van der Waals surface area contributed by atoms with E-state index in [0.717, 1.165) is 16.8 Å². The van der Waals surface area contributed by atoms with E-state index in [1.165, 1.54) is 12.1 Å². The number of rotatable bonds is 8. The Balaban J connectivity index is 1.26. The maximum Gasteiger partial charge on any atom is 0.336 e. The second-order valence-corrected chi connectivity index (χ2v) is 9.55. The Kier molecular flexibility index (Phi) is 7.64. The molecule has 208 valence electrons. The zero-order valence-corrected chi connectivity index (χ0v) is 22.9. The molecule has 0 unspecified atom stereocenters. The largest absolute Gasteiger partial charge is 0.493 e. The number of nitrogens with one attached hydrogen (secondary N) is 1. The molecule has 2 N–H and O–H groups in total. The number of carboxylic acid groups (broad SMARTS) is 1. The second kappa shape index (κ2) is 11.5. The summed E-state index contributed by atoms with van der Waals surface area (Å²) in [7, 11) is 1.74. The van der Waals surface area contributed by atoms with E-state index in [1.54, 1.807) is 54.7 Å². The smallest absolute Gasteiger partial charge is 0.336 e. The number of pyridine rings is 2. The number of hydrogen-bond acceptors (Lipinski definition) is 7. The van der Waals surface area contributed by atoms with Crippen molar-refractivity contribution in [3.8, 4) is 5.75 Å². The fraction of sp³-hybridized carbons (Fsp3) is 0.194. The molecule has 0 spiro atoms. The lowest BCUT2D eigenvalue weighted by Crippen LogP contribution is -2.25. The van der Waals surface area contributed by atoms with Gasteiger partial charge in [-0.3, -0.25) is 9.59 Å². The van der Waals surface area contributed by atoms with Gasteiger partial charge < -0.3 is 25.0 Å². The Morgan fingerprint density at radius 1 is 1.00 bits per heavy atom. The van der Waals surface area contributed by atoms with Gasteiger partial charge in [0.15, 0.2) is 5.82 Å². The maximum absolute atomic E-state index is 13.3. The van der Waals surface area contributed by atoms with Crippen LogP contribution in [0.3, 0.4) is 0 Å². The van der Waals surface area contributed by atoms with Gasteiger partial charge in [-0.25, -0.2) is 14.8 Å². The number of carboxylic acids is 1. The van der Waals surface area contributed by atoms with Crippen molar-refractivity contribution >= 4 is 40.8 Å². The number of benzene rings is 2. The molecule has 2 aromatic carbocycles. The molecule has 41 heavy (non-hydrogen) atoms. The number of aryl methyl sites for hydroxylation is 1. The molecule has 2 aromatic heterocycles.